The van der Waals surface area contributed by atoms with Crippen LogP contribution in [0.4, 0.5) is 11.5 Å². The molecule has 1 amide bonds. The summed E-state index contributed by atoms with van der Waals surface area (Å²) in [5, 5.41) is 15.7. The standard InChI is InChI=1S/C18H15N3O2/c22-15-4-3-10-6-11-8-18(9-12(11)7-14(10)20-15)13-2-1-5-19-16(13)21-17(18)23/h1-7,15,20,22H,8-9H2,(H,19,21,23). The van der Waals surface area contributed by atoms with Crippen LogP contribution < -0.4 is 10.6 Å². The molecule has 0 radical (unpaired) electrons. The molecule has 2 atom stereocenters. The first-order valence-electron chi connectivity index (χ1n) is 7.71. The van der Waals surface area contributed by atoms with Gasteiger partial charge in [-0.1, -0.05) is 12.1 Å². The zero-order valence-corrected chi connectivity index (χ0v) is 12.3. The lowest BCUT2D eigenvalue weighted by molar-refractivity contribution is -0.120. The van der Waals surface area contributed by atoms with Gasteiger partial charge in [0.25, 0.3) is 0 Å². The summed E-state index contributed by atoms with van der Waals surface area (Å²) in [5.74, 6) is 0.715. The predicted octanol–water partition coefficient (Wildman–Crippen LogP) is 1.83. The largest absolute Gasteiger partial charge is 0.370 e. The lowest BCUT2D eigenvalue weighted by Gasteiger charge is -2.20. The number of aliphatic hydroxyl groups excluding tert-OH is 1. The molecule has 1 aromatic carbocycles. The number of hydrogen-bond donors (Lipinski definition) is 3. The first-order valence-corrected chi connectivity index (χ1v) is 7.71. The summed E-state index contributed by atoms with van der Waals surface area (Å²) in [7, 11) is 0. The molecule has 0 saturated heterocycles. The molecule has 1 spiro atoms. The molecule has 2 unspecified atom stereocenters. The number of carbonyl (C=O) groups excluding carboxylic acids is 1. The van der Waals surface area contributed by atoms with Crippen molar-refractivity contribution in [2.75, 3.05) is 10.6 Å². The third-order valence-corrected chi connectivity index (χ3v) is 5.11. The zero-order chi connectivity index (χ0) is 15.6. The van der Waals surface area contributed by atoms with E-state index >= 15 is 0 Å². The molecule has 5 nitrogen and oxygen atoms in total. The van der Waals surface area contributed by atoms with Gasteiger partial charge in [-0.25, -0.2) is 4.98 Å². The Hall–Kier alpha value is -2.66. The smallest absolute Gasteiger partial charge is 0.237 e. The van der Waals surface area contributed by atoms with Crippen LogP contribution in [0.2, 0.25) is 0 Å². The number of nitrogens with zero attached hydrogens (tertiary/aromatic N) is 1. The summed E-state index contributed by atoms with van der Waals surface area (Å²) in [6.45, 7) is 0. The normalized spacial score (nSPS) is 26.5. The van der Waals surface area contributed by atoms with Crippen LogP contribution in [0.25, 0.3) is 6.08 Å². The number of benzene rings is 1. The third kappa shape index (κ3) is 1.65. The van der Waals surface area contributed by atoms with Gasteiger partial charge >= 0.3 is 0 Å². The molecule has 2 aliphatic heterocycles. The molecule has 2 aromatic rings. The highest BCUT2D eigenvalue weighted by atomic mass is 16.3. The number of amides is 1. The van der Waals surface area contributed by atoms with E-state index in [1.807, 2.05) is 18.2 Å². The van der Waals surface area contributed by atoms with Crippen molar-refractivity contribution in [1.29, 1.82) is 0 Å². The van der Waals surface area contributed by atoms with Gasteiger partial charge in [0.15, 0.2) is 0 Å². The van der Waals surface area contributed by atoms with E-state index in [0.717, 1.165) is 22.4 Å². The van der Waals surface area contributed by atoms with Gasteiger partial charge in [0.1, 0.15) is 12.0 Å². The van der Waals surface area contributed by atoms with Crippen molar-refractivity contribution in [3.05, 3.63) is 58.8 Å². The molecule has 0 saturated carbocycles. The fourth-order valence-electron chi connectivity index (χ4n) is 4.01. The fraction of sp³-hybridized carbons (Fsp3) is 0.222. The quantitative estimate of drug-likeness (QED) is 0.694. The fourth-order valence-corrected chi connectivity index (χ4v) is 4.01. The van der Waals surface area contributed by atoms with Gasteiger partial charge in [0.2, 0.25) is 5.91 Å². The zero-order valence-electron chi connectivity index (χ0n) is 12.3. The van der Waals surface area contributed by atoms with Crippen molar-refractivity contribution in [3.8, 4) is 0 Å². The Labute approximate surface area is 133 Å². The molecule has 0 bridgehead atoms. The van der Waals surface area contributed by atoms with Gasteiger partial charge in [-0.2, -0.15) is 0 Å². The molecular weight excluding hydrogens is 290 g/mol. The lowest BCUT2D eigenvalue weighted by Crippen LogP contribution is -2.35. The van der Waals surface area contributed by atoms with Crippen LogP contribution >= 0.6 is 0 Å². The van der Waals surface area contributed by atoms with Crippen LogP contribution in [0.15, 0.2) is 36.5 Å². The average molecular weight is 305 g/mol. The van der Waals surface area contributed by atoms with Crippen molar-refractivity contribution in [1.82, 2.24) is 4.98 Å². The van der Waals surface area contributed by atoms with E-state index in [-0.39, 0.29) is 5.91 Å². The van der Waals surface area contributed by atoms with Crippen molar-refractivity contribution in [2.24, 2.45) is 0 Å². The van der Waals surface area contributed by atoms with Gasteiger partial charge in [0.05, 0.1) is 5.41 Å². The second-order valence-electron chi connectivity index (χ2n) is 6.45. The summed E-state index contributed by atoms with van der Waals surface area (Å²) in [6.07, 6.45) is 6.05. The highest BCUT2D eigenvalue weighted by Gasteiger charge is 2.51. The van der Waals surface area contributed by atoms with Crippen molar-refractivity contribution in [3.63, 3.8) is 0 Å². The summed E-state index contributed by atoms with van der Waals surface area (Å²) < 4.78 is 0. The molecule has 5 rings (SSSR count). The van der Waals surface area contributed by atoms with E-state index in [1.165, 1.54) is 5.56 Å². The maximum atomic E-state index is 12.7. The minimum Gasteiger partial charge on any atom is -0.370 e. The van der Waals surface area contributed by atoms with E-state index in [4.69, 9.17) is 0 Å². The van der Waals surface area contributed by atoms with Crippen LogP contribution in [0.1, 0.15) is 22.3 Å². The second-order valence-corrected chi connectivity index (χ2v) is 6.45. The molecule has 3 aliphatic rings. The number of rotatable bonds is 0. The summed E-state index contributed by atoms with van der Waals surface area (Å²) in [5.41, 5.74) is 4.77. The summed E-state index contributed by atoms with van der Waals surface area (Å²) in [6, 6.07) is 8.06. The number of fused-ring (bicyclic) bond motifs is 4. The highest BCUT2D eigenvalue weighted by Crippen LogP contribution is 2.47. The lowest BCUT2D eigenvalue weighted by atomic mass is 9.79. The van der Waals surface area contributed by atoms with Gasteiger partial charge in [-0.3, -0.25) is 4.79 Å². The van der Waals surface area contributed by atoms with Crippen LogP contribution in [0.3, 0.4) is 0 Å². The van der Waals surface area contributed by atoms with Gasteiger partial charge in [-0.05, 0) is 53.8 Å². The number of hydrogen-bond acceptors (Lipinski definition) is 4. The number of carbonyl (C=O) groups is 1. The van der Waals surface area contributed by atoms with E-state index in [1.54, 1.807) is 12.3 Å². The Balaban J connectivity index is 1.63. The van der Waals surface area contributed by atoms with E-state index in [2.05, 4.69) is 27.8 Å². The molecule has 23 heavy (non-hydrogen) atoms. The molecule has 5 heteroatoms. The van der Waals surface area contributed by atoms with Gasteiger partial charge < -0.3 is 15.7 Å². The van der Waals surface area contributed by atoms with Crippen LogP contribution in [0, 0.1) is 0 Å². The molecule has 0 fully saturated rings. The second kappa shape index (κ2) is 4.20. The van der Waals surface area contributed by atoms with Crippen LogP contribution in [-0.2, 0) is 23.1 Å². The van der Waals surface area contributed by atoms with Crippen molar-refractivity contribution < 1.29 is 9.90 Å². The van der Waals surface area contributed by atoms with Gasteiger partial charge in [-0.15, -0.1) is 0 Å². The summed E-state index contributed by atoms with van der Waals surface area (Å²) >= 11 is 0. The Morgan fingerprint density at radius 2 is 2.09 bits per heavy atom. The van der Waals surface area contributed by atoms with Crippen LogP contribution in [-0.4, -0.2) is 22.2 Å². The van der Waals surface area contributed by atoms with E-state index < -0.39 is 11.6 Å². The van der Waals surface area contributed by atoms with Crippen molar-refractivity contribution >= 4 is 23.5 Å². The Morgan fingerprint density at radius 1 is 1.26 bits per heavy atom. The first-order chi connectivity index (χ1) is 11.2. The minimum atomic E-state index is -0.657. The number of nitrogens with one attached hydrogen (secondary N) is 2. The van der Waals surface area contributed by atoms with Gasteiger partial charge in [0, 0.05) is 17.4 Å². The Kier molecular flexibility index (Phi) is 2.35. The highest BCUT2D eigenvalue weighted by molar-refractivity contribution is 6.06. The molecule has 114 valence electrons. The van der Waals surface area contributed by atoms with E-state index in [0.29, 0.717) is 18.7 Å². The molecule has 1 aliphatic carbocycles. The predicted molar refractivity (Wildman–Crippen MR) is 87.1 cm³/mol. The Morgan fingerprint density at radius 3 is 2.96 bits per heavy atom. The third-order valence-electron chi connectivity index (χ3n) is 5.11. The topological polar surface area (TPSA) is 74.2 Å². The van der Waals surface area contributed by atoms with Crippen molar-refractivity contribution in [2.45, 2.75) is 24.5 Å². The van der Waals surface area contributed by atoms with Crippen LogP contribution in [0.5, 0.6) is 0 Å². The Bertz CT molecular complexity index is 890. The maximum Gasteiger partial charge on any atom is 0.237 e. The SMILES string of the molecule is O=C1Nc2ncccc2C12Cc1cc3c(cc1C2)NC(O)C=C3. The number of anilines is 2. The number of aliphatic hydroxyl groups is 1. The average Bonchev–Trinajstić information content (AvgIpc) is 3.04. The first kappa shape index (κ1) is 12.8. The molecule has 3 N–H and O–H groups in total. The summed E-state index contributed by atoms with van der Waals surface area (Å²) in [4.78, 5) is 17.0. The number of aromatic nitrogens is 1. The maximum absolute atomic E-state index is 12.7. The minimum absolute atomic E-state index is 0.0314. The molecule has 3 heterocycles. The monoisotopic (exact) mass is 305 g/mol. The molecule has 1 aromatic heterocycles. The number of pyridine rings is 1. The van der Waals surface area contributed by atoms with E-state index in [9.17, 15) is 9.90 Å². The molecular formula is C18H15N3O2.